The first-order valence-corrected chi connectivity index (χ1v) is 8.79. The van der Waals surface area contributed by atoms with Crippen molar-refractivity contribution in [3.05, 3.63) is 51.2 Å². The third-order valence-electron chi connectivity index (χ3n) is 4.70. The molecule has 2 aromatic rings. The highest BCUT2D eigenvalue weighted by atomic mass is 16.5. The van der Waals surface area contributed by atoms with Gasteiger partial charge in [0.2, 0.25) is 0 Å². The Morgan fingerprint density at radius 2 is 2.04 bits per heavy atom. The van der Waals surface area contributed by atoms with Gasteiger partial charge < -0.3 is 15.0 Å². The summed E-state index contributed by atoms with van der Waals surface area (Å²) in [5.41, 5.74) is 0.0117. The average molecular weight is 386 g/mol. The highest BCUT2D eigenvalue weighted by Gasteiger charge is 2.33. The Hall–Kier alpha value is -3.23. The minimum absolute atomic E-state index is 0.134. The quantitative estimate of drug-likeness (QED) is 0.753. The summed E-state index contributed by atoms with van der Waals surface area (Å²) in [5.74, 6) is -1.65. The van der Waals surface area contributed by atoms with Crippen LogP contribution in [0.1, 0.15) is 58.4 Å². The second-order valence-corrected chi connectivity index (χ2v) is 7.69. The van der Waals surface area contributed by atoms with Crippen molar-refractivity contribution in [2.24, 2.45) is 12.5 Å². The Labute approximate surface area is 161 Å². The van der Waals surface area contributed by atoms with Gasteiger partial charge in [-0.25, -0.2) is 4.79 Å². The van der Waals surface area contributed by atoms with Gasteiger partial charge in [-0.3, -0.25) is 19.1 Å². The predicted octanol–water partition coefficient (Wildman–Crippen LogP) is 0.908. The fourth-order valence-corrected chi connectivity index (χ4v) is 3.36. The fraction of sp³-hybridized carbons (Fsp3) is 0.421. The number of carbonyl (C=O) groups is 3. The number of ether oxygens (including phenoxy) is 1. The van der Waals surface area contributed by atoms with E-state index in [-0.39, 0.29) is 22.5 Å². The van der Waals surface area contributed by atoms with Crippen molar-refractivity contribution in [3.63, 3.8) is 0 Å². The monoisotopic (exact) mass is 386 g/mol. The van der Waals surface area contributed by atoms with Crippen LogP contribution < -0.4 is 10.9 Å². The molecule has 0 fully saturated rings. The Bertz CT molecular complexity index is 1020. The lowest BCUT2D eigenvalue weighted by Gasteiger charge is -2.29. The molecule has 0 saturated heterocycles. The molecule has 0 aromatic carbocycles. The minimum atomic E-state index is -1.18. The largest absolute Gasteiger partial charge is 0.467 e. The summed E-state index contributed by atoms with van der Waals surface area (Å²) in [7, 11) is 2.86. The number of nitrogens with zero attached hydrogens (tertiary/aromatic N) is 2. The second-order valence-electron chi connectivity index (χ2n) is 7.69. The lowest BCUT2D eigenvalue weighted by atomic mass is 9.75. The normalized spacial score (nSPS) is 16.2. The van der Waals surface area contributed by atoms with E-state index in [2.05, 4.69) is 15.4 Å². The number of rotatable bonds is 4. The molecule has 2 heterocycles. The molecule has 1 amide bonds. The summed E-state index contributed by atoms with van der Waals surface area (Å²) < 4.78 is 6.21. The number of hydrogen-bond acceptors (Lipinski definition) is 6. The number of hydrogen-bond donors (Lipinski definition) is 2. The number of aryl methyl sites for hydroxylation is 1. The first kappa shape index (κ1) is 19.5. The second kappa shape index (κ2) is 7.06. The van der Waals surface area contributed by atoms with E-state index >= 15 is 0 Å². The number of Topliss-reactive ketones (excluding diaryl/α,β-unsaturated/α-hetero) is 1. The average Bonchev–Trinajstić information content (AvgIpc) is 3.03. The molecule has 1 aliphatic rings. The summed E-state index contributed by atoms with van der Waals surface area (Å²) >= 11 is 0. The van der Waals surface area contributed by atoms with Crippen LogP contribution >= 0.6 is 0 Å². The molecule has 0 spiro atoms. The number of H-pyrrole nitrogens is 1. The number of pyridine rings is 1. The third-order valence-corrected chi connectivity index (χ3v) is 4.70. The summed E-state index contributed by atoms with van der Waals surface area (Å²) in [6, 6.07) is 1.68. The lowest BCUT2D eigenvalue weighted by Crippen LogP contribution is -2.39. The smallest absolute Gasteiger partial charge is 0.334 e. The van der Waals surface area contributed by atoms with Gasteiger partial charge in [0, 0.05) is 30.9 Å². The molecule has 0 saturated carbocycles. The zero-order valence-electron chi connectivity index (χ0n) is 16.2. The summed E-state index contributed by atoms with van der Waals surface area (Å²) in [4.78, 5) is 52.4. The number of amides is 1. The van der Waals surface area contributed by atoms with E-state index in [0.29, 0.717) is 24.1 Å². The molecule has 1 atom stereocenters. The van der Waals surface area contributed by atoms with Crippen LogP contribution in [0, 0.1) is 5.41 Å². The van der Waals surface area contributed by atoms with Gasteiger partial charge in [-0.1, -0.05) is 13.8 Å². The van der Waals surface area contributed by atoms with Gasteiger partial charge in [-0.15, -0.1) is 0 Å². The molecule has 0 radical (unpaired) electrons. The Kier molecular flexibility index (Phi) is 4.93. The van der Waals surface area contributed by atoms with Crippen LogP contribution in [0.5, 0.6) is 0 Å². The molecular weight excluding hydrogens is 364 g/mol. The molecule has 148 valence electrons. The Morgan fingerprint density at radius 3 is 2.64 bits per heavy atom. The molecular formula is C19H22N4O5. The molecule has 3 rings (SSSR count). The first-order chi connectivity index (χ1) is 13.1. The number of aromatic amines is 1. The molecule has 0 bridgehead atoms. The molecule has 28 heavy (non-hydrogen) atoms. The van der Waals surface area contributed by atoms with Gasteiger partial charge in [0.25, 0.3) is 11.5 Å². The number of aromatic nitrogens is 3. The van der Waals surface area contributed by atoms with Crippen LogP contribution in [0.2, 0.25) is 0 Å². The van der Waals surface area contributed by atoms with Crippen molar-refractivity contribution in [1.82, 2.24) is 20.1 Å². The van der Waals surface area contributed by atoms with E-state index in [1.165, 1.54) is 17.9 Å². The van der Waals surface area contributed by atoms with Crippen LogP contribution in [0.25, 0.3) is 0 Å². The minimum Gasteiger partial charge on any atom is -0.467 e. The van der Waals surface area contributed by atoms with Crippen LogP contribution in [0.4, 0.5) is 0 Å². The maximum absolute atomic E-state index is 12.7. The number of methoxy groups -OCH3 is 1. The van der Waals surface area contributed by atoms with Gasteiger partial charge in [-0.2, -0.15) is 5.10 Å². The molecule has 1 aliphatic carbocycles. The summed E-state index contributed by atoms with van der Waals surface area (Å²) in [6.07, 6.45) is 2.47. The Balaban J connectivity index is 1.94. The molecule has 2 aromatic heterocycles. The number of carbonyl (C=O) groups excluding carboxylic acids is 3. The van der Waals surface area contributed by atoms with Crippen molar-refractivity contribution in [1.29, 1.82) is 0 Å². The molecule has 9 nitrogen and oxygen atoms in total. The summed E-state index contributed by atoms with van der Waals surface area (Å²) in [5, 5.41) is 6.58. The van der Waals surface area contributed by atoms with E-state index in [9.17, 15) is 19.2 Å². The Morgan fingerprint density at radius 1 is 1.32 bits per heavy atom. The van der Waals surface area contributed by atoms with E-state index < -0.39 is 23.5 Å². The third kappa shape index (κ3) is 3.73. The first-order valence-electron chi connectivity index (χ1n) is 8.79. The van der Waals surface area contributed by atoms with Crippen LogP contribution in [-0.2, 0) is 23.0 Å². The van der Waals surface area contributed by atoms with Crippen LogP contribution in [0.15, 0.2) is 23.1 Å². The van der Waals surface area contributed by atoms with Gasteiger partial charge >= 0.3 is 5.97 Å². The van der Waals surface area contributed by atoms with Crippen molar-refractivity contribution in [3.8, 4) is 0 Å². The number of ketones is 1. The van der Waals surface area contributed by atoms with Crippen molar-refractivity contribution in [2.45, 2.75) is 32.7 Å². The van der Waals surface area contributed by atoms with Gasteiger partial charge in [0.1, 0.15) is 5.56 Å². The fourth-order valence-electron chi connectivity index (χ4n) is 3.36. The van der Waals surface area contributed by atoms with Gasteiger partial charge in [-0.05, 0) is 24.0 Å². The van der Waals surface area contributed by atoms with E-state index in [0.717, 1.165) is 0 Å². The zero-order chi connectivity index (χ0) is 20.6. The zero-order valence-corrected chi connectivity index (χ0v) is 16.2. The topological polar surface area (TPSA) is 123 Å². The standard InChI is InChI=1S/C19H22N4O5/c1-19(2)8-13-10(14(24)9-19)7-11(16(25)20-13)17(26)21-15(18(27)28-4)12-5-6-23(3)22-12/h5-7,15H,8-9H2,1-4H3,(H,20,25)(H,21,26)/t15-/m1/s1. The SMILES string of the molecule is COC(=O)[C@H](NC(=O)c1cc2c([nH]c1=O)CC(C)(C)CC2=O)c1ccn(C)n1. The van der Waals surface area contributed by atoms with E-state index in [1.807, 2.05) is 13.8 Å². The molecule has 9 heteroatoms. The molecule has 2 N–H and O–H groups in total. The van der Waals surface area contributed by atoms with Gasteiger partial charge in [0.15, 0.2) is 11.8 Å². The highest BCUT2D eigenvalue weighted by molar-refractivity contribution is 6.02. The maximum atomic E-state index is 12.7. The van der Waals surface area contributed by atoms with E-state index in [4.69, 9.17) is 4.74 Å². The van der Waals surface area contributed by atoms with Crippen molar-refractivity contribution < 1.29 is 19.1 Å². The van der Waals surface area contributed by atoms with Crippen molar-refractivity contribution >= 4 is 17.7 Å². The van der Waals surface area contributed by atoms with Crippen LogP contribution in [0.3, 0.4) is 0 Å². The molecule has 0 unspecified atom stereocenters. The number of fused-ring (bicyclic) bond motifs is 1. The predicted molar refractivity (Wildman–Crippen MR) is 98.9 cm³/mol. The molecule has 0 aliphatic heterocycles. The van der Waals surface area contributed by atoms with Crippen LogP contribution in [-0.4, -0.2) is 39.5 Å². The maximum Gasteiger partial charge on any atom is 0.334 e. The highest BCUT2D eigenvalue weighted by Crippen LogP contribution is 2.33. The summed E-state index contributed by atoms with van der Waals surface area (Å²) in [6.45, 7) is 3.89. The number of nitrogens with one attached hydrogen (secondary N) is 2. The number of esters is 1. The van der Waals surface area contributed by atoms with E-state index in [1.54, 1.807) is 19.3 Å². The lowest BCUT2D eigenvalue weighted by molar-refractivity contribution is -0.143. The van der Waals surface area contributed by atoms with Gasteiger partial charge in [0.05, 0.1) is 12.8 Å². The van der Waals surface area contributed by atoms with Crippen molar-refractivity contribution in [2.75, 3.05) is 7.11 Å².